The number of nitrogens with two attached hydrogens (primary N) is 3. The van der Waals surface area contributed by atoms with E-state index in [4.69, 9.17) is 116 Å². The van der Waals surface area contributed by atoms with Crippen LogP contribution in [-0.4, -0.2) is 211 Å². The number of aromatic nitrogens is 9. The first-order chi connectivity index (χ1) is 46.6. The number of hydrogen-bond acceptors (Lipinski definition) is 36. The van der Waals surface area contributed by atoms with E-state index < -0.39 is 83.1 Å². The Labute approximate surface area is 618 Å². The molecule has 0 aliphatic heterocycles. The number of carbonyl (C=O) groups excluding carboxylic acids is 6. The maximum atomic E-state index is 12.3. The number of hydrogen-bond donors (Lipinski definition) is 7. The predicted molar refractivity (Wildman–Crippen MR) is 387 cm³/mol. The molecular weight excluding hydrogens is 1610 g/mol. The average molecular weight is 1670 g/mol. The number of halogens is 6. The Balaban J connectivity index is 0.000000315. The van der Waals surface area contributed by atoms with Gasteiger partial charge in [0.1, 0.15) is 68.2 Å². The fourth-order valence-corrected chi connectivity index (χ4v) is 13.9. The minimum atomic E-state index is -3.65. The summed E-state index contributed by atoms with van der Waals surface area (Å²) in [5, 5.41) is 33.6. The third kappa shape index (κ3) is 33.0. The van der Waals surface area contributed by atoms with E-state index in [9.17, 15) is 54.0 Å². The maximum Gasteiger partial charge on any atom is 0.438 e. The summed E-state index contributed by atoms with van der Waals surface area (Å²) in [6, 6.07) is 14.7. The van der Waals surface area contributed by atoms with Gasteiger partial charge in [-0.3, -0.25) is 25.6 Å². The summed E-state index contributed by atoms with van der Waals surface area (Å²) >= 11 is 36.5. The molecule has 0 saturated heterocycles. The van der Waals surface area contributed by atoms with Crippen LogP contribution in [0.4, 0.5) is 48.5 Å². The average Bonchev–Trinajstić information content (AvgIpc) is 0.809. The van der Waals surface area contributed by atoms with Crippen LogP contribution in [0.5, 0.6) is 0 Å². The number of carbonyl (C=O) groups is 6. The molecule has 6 aromatic rings. The van der Waals surface area contributed by atoms with Crippen LogP contribution in [0, 0.1) is 5.41 Å². The number of rotatable bonds is 31. The van der Waals surface area contributed by atoms with Gasteiger partial charge < -0.3 is 45.6 Å². The molecule has 3 aromatic carbocycles. The first-order valence-corrected chi connectivity index (χ1v) is 42.6. The van der Waals surface area contributed by atoms with Crippen molar-refractivity contribution >= 4 is 230 Å². The molecule has 540 valence electrons. The second-order valence-electron chi connectivity index (χ2n) is 18.3. The smallest absolute Gasteiger partial charge is 0.438 e. The molecule has 0 spiro atoms. The van der Waals surface area contributed by atoms with E-state index in [2.05, 4.69) is 55.8 Å². The number of amides is 3. The van der Waals surface area contributed by atoms with E-state index in [-0.39, 0.29) is 106 Å². The second-order valence-corrected chi connectivity index (χ2v) is 34.8. The van der Waals surface area contributed by atoms with Crippen LogP contribution in [0.2, 0.25) is 30.1 Å². The molecule has 3 aromatic heterocycles. The zero-order chi connectivity index (χ0) is 73.5. The van der Waals surface area contributed by atoms with Gasteiger partial charge in [0.05, 0.1) is 36.4 Å². The Hall–Kier alpha value is -6.20. The van der Waals surface area contributed by atoms with Crippen LogP contribution >= 0.6 is 134 Å². The minimum Gasteiger partial charge on any atom is -0.464 e. The summed E-state index contributed by atoms with van der Waals surface area (Å²) in [4.78, 5) is 81.5. The number of sulfone groups is 2. The van der Waals surface area contributed by atoms with E-state index in [0.29, 0.717) is 65.9 Å². The maximum absolute atomic E-state index is 12.3. The highest BCUT2D eigenvalue weighted by Gasteiger charge is 2.21. The number of sulfonamides is 1. The van der Waals surface area contributed by atoms with Crippen molar-refractivity contribution in [3.05, 3.63) is 90.4 Å². The van der Waals surface area contributed by atoms with E-state index in [1.807, 2.05) is 0 Å². The Kier molecular flexibility index (Phi) is 36.9. The van der Waals surface area contributed by atoms with Crippen molar-refractivity contribution in [1.82, 2.24) is 49.8 Å². The molecule has 6 rings (SSSR count). The van der Waals surface area contributed by atoms with Gasteiger partial charge in [-0.2, -0.15) is 20.1 Å². The highest BCUT2D eigenvalue weighted by atomic mass is 35.5. The lowest BCUT2D eigenvalue weighted by Crippen LogP contribution is -2.34. The topological polar surface area (TPSA) is 506 Å². The van der Waals surface area contributed by atoms with E-state index in [1.165, 1.54) is 64.8 Å². The van der Waals surface area contributed by atoms with Gasteiger partial charge in [-0.15, -0.1) is 25.1 Å². The predicted octanol–water partition coefficient (Wildman–Crippen LogP) is 8.26. The summed E-state index contributed by atoms with van der Waals surface area (Å²) in [5.41, 5.74) is 18.9. The molecule has 3 amide bonds. The fourth-order valence-electron chi connectivity index (χ4n) is 6.37. The number of nitrogens with one attached hydrogen (secondary N) is 4. The molecule has 0 atom stereocenters. The summed E-state index contributed by atoms with van der Waals surface area (Å²) in [5.74, 6) is -0.700. The third-order valence-corrected chi connectivity index (χ3v) is 21.8. The molecule has 0 saturated carbocycles. The lowest BCUT2D eigenvalue weighted by molar-refractivity contribution is -0.140. The van der Waals surface area contributed by atoms with Crippen LogP contribution in [-0.2, 0) is 67.7 Å². The SMILES string of the molecule is CS(=O)(=O)CC(=O)OCCSSCCOC(=O)Nc1nnc(-c2cccc(Cl)c2Cl)c(N)n1.CS(=O)(=O)CC(=O)OCCSSCCOC(=O)n1nc(-c2cccc(Cl)c2Cl)c(N)nc1=N.CS(=O)(=O)NC(=O)OCCSSCCOC(=O)Nc1nnc(-c2cccc(Cl)c2Cl)c(N)n1. The monoisotopic (exact) mass is 1670 g/mol. The van der Waals surface area contributed by atoms with Gasteiger partial charge in [0.25, 0.3) is 17.5 Å². The molecule has 3 heterocycles. The van der Waals surface area contributed by atoms with Crippen molar-refractivity contribution < 1.29 is 82.4 Å². The second kappa shape index (κ2) is 42.9. The van der Waals surface area contributed by atoms with E-state index in [1.54, 1.807) is 59.3 Å². The highest BCUT2D eigenvalue weighted by Crippen LogP contribution is 2.37. The quantitative estimate of drug-likeness (QED) is 0.00931. The standard InChI is InChI=1S/2C17H19Cl2N5O6S3.C16H18Cl2N6O6S3/c1-33(27,28)9-12(25)29-5-7-31-32-8-6-30-17(26)24-16(21)22-15(20)14(23-24)10-3-2-4-11(18)13(10)19;1-33(27,28)9-12(25)29-5-7-31-32-8-6-30-17(26)22-16-21-15(20)14(23-24-16)10-3-2-4-11(18)13(10)19;1-33(27,28)24-16(26)30-6-8-32-31-7-5-29-15(25)21-14-20-13(19)12(22-23-14)9-3-2-4-10(17)11(9)18/h2-4H,5-9H2,1H3,(H3,20,21,22);2-4H,5-9H2,1H3,(H3,20,21,22,24,26);2-4H,5-8H2,1H3,(H,24,26)(H3,19,20,21,23,25). The largest absolute Gasteiger partial charge is 0.464 e. The zero-order valence-corrected chi connectivity index (χ0v) is 63.0. The number of benzene rings is 3. The normalized spacial score (nSPS) is 11.1. The molecule has 0 unspecified atom stereocenters. The van der Waals surface area contributed by atoms with Crippen molar-refractivity contribution in [2.45, 2.75) is 0 Å². The summed E-state index contributed by atoms with van der Waals surface area (Å²) in [7, 11) is -2.28. The Morgan fingerprint density at radius 2 is 0.788 bits per heavy atom. The summed E-state index contributed by atoms with van der Waals surface area (Å²) in [6.07, 6.45) is -0.791. The number of nitrogens with zero attached hydrogens (tertiary/aromatic N) is 9. The van der Waals surface area contributed by atoms with Crippen molar-refractivity contribution in [3.8, 4) is 33.8 Å². The molecule has 0 radical (unpaired) electrons. The molecule has 0 aliphatic rings. The Morgan fingerprint density at radius 1 is 0.465 bits per heavy atom. The first kappa shape index (κ1) is 85.2. The van der Waals surface area contributed by atoms with Crippen molar-refractivity contribution in [2.24, 2.45) is 0 Å². The van der Waals surface area contributed by atoms with Gasteiger partial charge in [0.2, 0.25) is 10.0 Å². The van der Waals surface area contributed by atoms with Crippen LogP contribution in [0.1, 0.15) is 0 Å². The lowest BCUT2D eigenvalue weighted by atomic mass is 10.1. The van der Waals surface area contributed by atoms with Crippen molar-refractivity contribution in [1.29, 1.82) is 5.41 Å². The summed E-state index contributed by atoms with van der Waals surface area (Å²) < 4.78 is 97.3. The number of nitrogen functional groups attached to an aromatic ring is 3. The fraction of sp³-hybridized carbons (Fsp3) is 0.340. The molecule has 0 bridgehead atoms. The van der Waals surface area contributed by atoms with Gasteiger partial charge in [0, 0.05) is 63.7 Å². The molecule has 49 heteroatoms. The Bertz CT molecular complexity index is 4080. The molecular formula is C50H56Cl6N16O18S9. The van der Waals surface area contributed by atoms with E-state index >= 15 is 0 Å². The van der Waals surface area contributed by atoms with Crippen molar-refractivity contribution in [2.75, 3.05) is 132 Å². The van der Waals surface area contributed by atoms with Crippen molar-refractivity contribution in [3.63, 3.8) is 0 Å². The summed E-state index contributed by atoms with van der Waals surface area (Å²) in [6.45, 7) is 0.336. The molecule has 10 N–H and O–H groups in total. The number of ether oxygens (including phenoxy) is 6. The third-order valence-electron chi connectivity index (χ3n) is 10.2. The van der Waals surface area contributed by atoms with Crippen LogP contribution in [0.15, 0.2) is 54.6 Å². The Morgan fingerprint density at radius 3 is 1.13 bits per heavy atom. The van der Waals surface area contributed by atoms with Gasteiger partial charge in [-0.05, 0) is 18.2 Å². The number of anilines is 5. The molecule has 0 aliphatic carbocycles. The van der Waals surface area contributed by atoms with Gasteiger partial charge in [0.15, 0.2) is 37.1 Å². The minimum absolute atomic E-state index is 0.00587. The van der Waals surface area contributed by atoms with Crippen LogP contribution < -0.4 is 38.2 Å². The van der Waals surface area contributed by atoms with Crippen LogP contribution in [0.25, 0.3) is 33.8 Å². The van der Waals surface area contributed by atoms with Crippen LogP contribution in [0.3, 0.4) is 0 Å². The number of esters is 2. The highest BCUT2D eigenvalue weighted by molar-refractivity contribution is 8.77. The molecule has 0 fully saturated rings. The van der Waals surface area contributed by atoms with Gasteiger partial charge >= 0.3 is 36.3 Å². The zero-order valence-electron chi connectivity index (χ0n) is 51.1. The van der Waals surface area contributed by atoms with Gasteiger partial charge in [-0.1, -0.05) is 171 Å². The van der Waals surface area contributed by atoms with E-state index in [0.717, 1.165) is 18.8 Å². The lowest BCUT2D eigenvalue weighted by Gasteiger charge is -2.11. The van der Waals surface area contributed by atoms with Gasteiger partial charge in [-0.25, -0.2) is 49.2 Å². The molecule has 34 nitrogen and oxygen atoms in total. The molecule has 99 heavy (non-hydrogen) atoms. The first-order valence-electron chi connectivity index (χ1n) is 26.9.